The molecule has 2 saturated carbocycles. The van der Waals surface area contributed by atoms with E-state index in [0.717, 1.165) is 29.6 Å². The molecule has 5 aliphatic rings. The number of rotatable bonds is 5. The van der Waals surface area contributed by atoms with Gasteiger partial charge in [0.05, 0.1) is 0 Å². The molecule has 0 bridgehead atoms. The van der Waals surface area contributed by atoms with Gasteiger partial charge in [0.1, 0.15) is 17.9 Å². The highest BCUT2D eigenvalue weighted by molar-refractivity contribution is 6.05. The number of amides is 3. The van der Waals surface area contributed by atoms with Crippen LogP contribution in [0.5, 0.6) is 5.75 Å². The van der Waals surface area contributed by atoms with E-state index in [9.17, 15) is 14.4 Å². The molecule has 1 N–H and O–H groups in total. The van der Waals surface area contributed by atoms with Crippen LogP contribution < -0.4 is 10.1 Å². The lowest BCUT2D eigenvalue weighted by atomic mass is 9.81. The highest BCUT2D eigenvalue weighted by Gasteiger charge is 2.42. The number of hydrogen-bond donors (Lipinski definition) is 1. The molecule has 3 heterocycles. The third kappa shape index (κ3) is 4.02. The number of hydrogen-bond acceptors (Lipinski definition) is 5. The van der Waals surface area contributed by atoms with Crippen molar-refractivity contribution in [2.45, 2.75) is 88.9 Å². The van der Waals surface area contributed by atoms with Crippen molar-refractivity contribution >= 4 is 17.7 Å². The van der Waals surface area contributed by atoms with Gasteiger partial charge in [-0.1, -0.05) is 32.1 Å². The van der Waals surface area contributed by atoms with Gasteiger partial charge in [-0.15, -0.1) is 0 Å². The molecule has 1 aromatic rings. The molecule has 0 aromatic heterocycles. The van der Waals surface area contributed by atoms with Gasteiger partial charge in [-0.2, -0.15) is 0 Å². The number of carbonyl (C=O) groups is 3. The first-order valence-electron chi connectivity index (χ1n) is 13.2. The number of nitrogens with zero attached hydrogens (tertiary/aromatic N) is 2. The minimum absolute atomic E-state index is 0.134. The zero-order valence-electron chi connectivity index (χ0n) is 19.8. The van der Waals surface area contributed by atoms with Crippen molar-refractivity contribution in [1.29, 1.82) is 0 Å². The second-order valence-electron chi connectivity index (χ2n) is 11.0. The maximum atomic E-state index is 13.0. The molecule has 182 valence electrons. The molecular weight excluding hydrogens is 430 g/mol. The van der Waals surface area contributed by atoms with Crippen LogP contribution in [0.2, 0.25) is 0 Å². The minimum Gasteiger partial charge on any atom is -0.489 e. The first-order chi connectivity index (χ1) is 16.6. The van der Waals surface area contributed by atoms with Crippen LogP contribution in [0.1, 0.15) is 80.1 Å². The Morgan fingerprint density at radius 3 is 2.44 bits per heavy atom. The lowest BCUT2D eigenvalue weighted by Gasteiger charge is -2.50. The summed E-state index contributed by atoms with van der Waals surface area (Å²) in [5.74, 6) is 1.88. The molecule has 1 aromatic carbocycles. The summed E-state index contributed by atoms with van der Waals surface area (Å²) in [5, 5.41) is 2.37. The Morgan fingerprint density at radius 1 is 0.882 bits per heavy atom. The van der Waals surface area contributed by atoms with E-state index in [-0.39, 0.29) is 30.2 Å². The highest BCUT2D eigenvalue weighted by atomic mass is 16.5. The van der Waals surface area contributed by atoms with E-state index >= 15 is 0 Å². The second kappa shape index (κ2) is 8.99. The van der Waals surface area contributed by atoms with Crippen LogP contribution in [-0.2, 0) is 16.1 Å². The molecule has 3 aliphatic heterocycles. The van der Waals surface area contributed by atoms with Gasteiger partial charge in [-0.3, -0.25) is 24.6 Å². The normalized spacial score (nSPS) is 30.9. The van der Waals surface area contributed by atoms with E-state index in [1.54, 1.807) is 4.90 Å². The molecule has 4 fully saturated rings. The predicted octanol–water partition coefficient (Wildman–Crippen LogP) is 3.26. The molecule has 6 rings (SSSR count). The summed E-state index contributed by atoms with van der Waals surface area (Å²) in [6.45, 7) is 2.85. The molecule has 7 heteroatoms. The van der Waals surface area contributed by atoms with Crippen molar-refractivity contribution in [2.75, 3.05) is 13.1 Å². The molecule has 3 atom stereocenters. The molecule has 34 heavy (non-hydrogen) atoms. The van der Waals surface area contributed by atoms with Gasteiger partial charge < -0.3 is 9.64 Å². The summed E-state index contributed by atoms with van der Waals surface area (Å²) >= 11 is 0. The molecule has 2 aliphatic carbocycles. The first-order valence-corrected chi connectivity index (χ1v) is 13.2. The third-order valence-electron chi connectivity index (χ3n) is 8.92. The molecule has 0 radical (unpaired) electrons. The maximum Gasteiger partial charge on any atom is 0.255 e. The number of nitrogens with one attached hydrogen (secondary N) is 1. The number of carbonyl (C=O) groups excluding carboxylic acids is 3. The van der Waals surface area contributed by atoms with Crippen molar-refractivity contribution in [2.24, 2.45) is 11.8 Å². The fraction of sp³-hybridized carbons (Fsp3) is 0.667. The average Bonchev–Trinajstić information content (AvgIpc) is 3.42. The van der Waals surface area contributed by atoms with E-state index < -0.39 is 6.04 Å². The van der Waals surface area contributed by atoms with Gasteiger partial charge >= 0.3 is 0 Å². The van der Waals surface area contributed by atoms with E-state index in [0.29, 0.717) is 24.6 Å². The largest absolute Gasteiger partial charge is 0.489 e. The molecular formula is C27H35N3O4. The SMILES string of the molecule is O=C1CCC(N2Cc3cc(O[C@H]4CCCC[C@@H]4N4CC(C5CCCC5)C4)ccc3C2=O)C(=O)N1. The van der Waals surface area contributed by atoms with Crippen LogP contribution in [0, 0.1) is 11.8 Å². The molecule has 1 unspecified atom stereocenters. The van der Waals surface area contributed by atoms with Gasteiger partial charge in [0.2, 0.25) is 11.8 Å². The summed E-state index contributed by atoms with van der Waals surface area (Å²) in [6, 6.07) is 5.65. The smallest absolute Gasteiger partial charge is 0.255 e. The zero-order chi connectivity index (χ0) is 23.2. The quantitative estimate of drug-likeness (QED) is 0.676. The maximum absolute atomic E-state index is 13.0. The topological polar surface area (TPSA) is 79.0 Å². The first kappa shape index (κ1) is 22.1. The van der Waals surface area contributed by atoms with Crippen LogP contribution in [-0.4, -0.2) is 58.8 Å². The second-order valence-corrected chi connectivity index (χ2v) is 11.0. The third-order valence-corrected chi connectivity index (χ3v) is 8.92. The number of likely N-dealkylation sites (tertiary alicyclic amines) is 1. The fourth-order valence-electron chi connectivity index (χ4n) is 6.98. The summed E-state index contributed by atoms with van der Waals surface area (Å²) < 4.78 is 6.57. The summed E-state index contributed by atoms with van der Waals surface area (Å²) in [4.78, 5) is 41.0. The monoisotopic (exact) mass is 465 g/mol. The Balaban J connectivity index is 1.11. The van der Waals surface area contributed by atoms with Crippen molar-refractivity contribution in [3.05, 3.63) is 29.3 Å². The fourth-order valence-corrected chi connectivity index (χ4v) is 6.98. The standard InChI is InChI=1S/C27H35N3O4/c31-25-12-11-23(26(32)28-25)30-16-18-13-20(9-10-21(18)27(30)33)34-24-8-4-3-7-22(24)29-14-19(15-29)17-5-1-2-6-17/h9-10,13,17,19,22-24H,1-8,11-12,14-16H2,(H,28,31,32)/t22-,23?,24-/m0/s1. The Bertz CT molecular complexity index is 982. The van der Waals surface area contributed by atoms with E-state index in [1.165, 1.54) is 58.0 Å². The minimum atomic E-state index is -0.580. The van der Waals surface area contributed by atoms with Gasteiger partial charge in [0, 0.05) is 37.7 Å². The lowest BCUT2D eigenvalue weighted by Crippen LogP contribution is -2.59. The Hall–Kier alpha value is -2.41. The molecule has 2 saturated heterocycles. The zero-order valence-corrected chi connectivity index (χ0v) is 19.8. The van der Waals surface area contributed by atoms with Crippen molar-refractivity contribution < 1.29 is 19.1 Å². The Morgan fingerprint density at radius 2 is 1.65 bits per heavy atom. The van der Waals surface area contributed by atoms with E-state index in [2.05, 4.69) is 10.2 Å². The van der Waals surface area contributed by atoms with Crippen LogP contribution in [0.4, 0.5) is 0 Å². The van der Waals surface area contributed by atoms with Gasteiger partial charge in [-0.05, 0) is 61.3 Å². The Kier molecular flexibility index (Phi) is 5.84. The molecule has 3 amide bonds. The van der Waals surface area contributed by atoms with Crippen LogP contribution in [0.25, 0.3) is 0 Å². The Labute approximate surface area is 201 Å². The highest BCUT2D eigenvalue weighted by Crippen LogP contribution is 2.40. The number of fused-ring (bicyclic) bond motifs is 1. The molecule has 0 spiro atoms. The summed E-state index contributed by atoms with van der Waals surface area (Å²) in [6.07, 6.45) is 11.3. The van der Waals surface area contributed by atoms with E-state index in [4.69, 9.17) is 4.74 Å². The van der Waals surface area contributed by atoms with Gasteiger partial charge in [0.25, 0.3) is 5.91 Å². The van der Waals surface area contributed by atoms with Crippen LogP contribution >= 0.6 is 0 Å². The van der Waals surface area contributed by atoms with Crippen LogP contribution in [0.15, 0.2) is 18.2 Å². The van der Waals surface area contributed by atoms with E-state index in [1.807, 2.05) is 18.2 Å². The molecule has 7 nitrogen and oxygen atoms in total. The number of benzene rings is 1. The average molecular weight is 466 g/mol. The summed E-state index contributed by atoms with van der Waals surface area (Å²) in [7, 11) is 0. The van der Waals surface area contributed by atoms with Gasteiger partial charge in [0.15, 0.2) is 0 Å². The number of imide groups is 1. The predicted molar refractivity (Wildman–Crippen MR) is 126 cm³/mol. The van der Waals surface area contributed by atoms with Gasteiger partial charge in [-0.25, -0.2) is 0 Å². The van der Waals surface area contributed by atoms with Crippen molar-refractivity contribution in [1.82, 2.24) is 15.1 Å². The van der Waals surface area contributed by atoms with Crippen LogP contribution in [0.3, 0.4) is 0 Å². The number of ether oxygens (including phenoxy) is 1. The number of piperidine rings is 1. The lowest BCUT2D eigenvalue weighted by molar-refractivity contribution is -0.136. The van der Waals surface area contributed by atoms with Crippen molar-refractivity contribution in [3.8, 4) is 5.75 Å². The van der Waals surface area contributed by atoms with Crippen molar-refractivity contribution in [3.63, 3.8) is 0 Å². The summed E-state index contributed by atoms with van der Waals surface area (Å²) in [5.41, 5.74) is 1.55.